The number of aromatic nitrogens is 2. The predicted octanol–water partition coefficient (Wildman–Crippen LogP) is 2.60. The van der Waals surface area contributed by atoms with E-state index in [-0.39, 0.29) is 17.5 Å². The summed E-state index contributed by atoms with van der Waals surface area (Å²) in [5, 5.41) is 3.66. The van der Waals surface area contributed by atoms with Crippen molar-refractivity contribution >= 4 is 16.8 Å². The molecule has 2 aromatic carbocycles. The molecule has 6 heteroatoms. The van der Waals surface area contributed by atoms with Crippen LogP contribution in [0.3, 0.4) is 0 Å². The van der Waals surface area contributed by atoms with Crippen molar-refractivity contribution in [3.05, 3.63) is 69.8 Å². The minimum atomic E-state index is -0.166. The Hall–Kier alpha value is -3.15. The minimum Gasteiger partial charge on any atom is -0.493 e. The van der Waals surface area contributed by atoms with Crippen LogP contribution in [0.1, 0.15) is 40.6 Å². The Bertz CT molecular complexity index is 1120. The van der Waals surface area contributed by atoms with E-state index in [1.165, 1.54) is 0 Å². The maximum Gasteiger partial charge on any atom is 0.261 e. The summed E-state index contributed by atoms with van der Waals surface area (Å²) in [6, 6.07) is 12.8. The Kier molecular flexibility index (Phi) is 3.70. The summed E-state index contributed by atoms with van der Waals surface area (Å²) in [6.07, 6.45) is 2.47. The first-order chi connectivity index (χ1) is 13.2. The Balaban J connectivity index is 1.47. The third-order valence-corrected chi connectivity index (χ3v) is 5.34. The van der Waals surface area contributed by atoms with E-state index in [1.807, 2.05) is 24.3 Å². The lowest BCUT2D eigenvalue weighted by molar-refractivity contribution is 0.0925. The van der Waals surface area contributed by atoms with Crippen molar-refractivity contribution < 1.29 is 9.53 Å². The number of rotatable bonds is 2. The van der Waals surface area contributed by atoms with Gasteiger partial charge in [0.05, 0.1) is 23.6 Å². The van der Waals surface area contributed by atoms with Gasteiger partial charge in [-0.25, -0.2) is 4.98 Å². The van der Waals surface area contributed by atoms with Crippen LogP contribution in [0.2, 0.25) is 0 Å². The molecule has 3 heterocycles. The summed E-state index contributed by atoms with van der Waals surface area (Å²) in [4.78, 5) is 30.0. The van der Waals surface area contributed by atoms with Crippen molar-refractivity contribution in [2.45, 2.75) is 31.8 Å². The number of hydrogen-bond acceptors (Lipinski definition) is 4. The smallest absolute Gasteiger partial charge is 0.261 e. The molecule has 27 heavy (non-hydrogen) atoms. The summed E-state index contributed by atoms with van der Waals surface area (Å²) in [5.74, 6) is 1.46. The van der Waals surface area contributed by atoms with Gasteiger partial charge >= 0.3 is 0 Å². The summed E-state index contributed by atoms with van der Waals surface area (Å²) in [7, 11) is 0. The number of nitrogens with one attached hydrogen (secondary N) is 1. The van der Waals surface area contributed by atoms with Crippen LogP contribution < -0.4 is 15.6 Å². The lowest BCUT2D eigenvalue weighted by Crippen LogP contribution is -2.32. The van der Waals surface area contributed by atoms with E-state index in [1.54, 1.807) is 22.8 Å². The highest BCUT2D eigenvalue weighted by atomic mass is 16.5. The monoisotopic (exact) mass is 361 g/mol. The zero-order valence-corrected chi connectivity index (χ0v) is 14.8. The molecule has 1 N–H and O–H groups in total. The number of amides is 1. The van der Waals surface area contributed by atoms with E-state index >= 15 is 0 Å². The largest absolute Gasteiger partial charge is 0.493 e. The molecule has 0 bridgehead atoms. The molecule has 0 aliphatic carbocycles. The van der Waals surface area contributed by atoms with Crippen molar-refractivity contribution in [1.82, 2.24) is 14.9 Å². The summed E-state index contributed by atoms with van der Waals surface area (Å²) >= 11 is 0. The fourth-order valence-corrected chi connectivity index (χ4v) is 3.96. The topological polar surface area (TPSA) is 73.2 Å². The molecule has 3 aromatic rings. The zero-order chi connectivity index (χ0) is 18.4. The van der Waals surface area contributed by atoms with Gasteiger partial charge in [0.15, 0.2) is 0 Å². The molecule has 2 aliphatic heterocycles. The normalized spacial score (nSPS) is 17.9. The van der Waals surface area contributed by atoms with E-state index < -0.39 is 0 Å². The van der Waals surface area contributed by atoms with Crippen molar-refractivity contribution in [3.8, 4) is 5.75 Å². The Morgan fingerprint density at radius 2 is 2.11 bits per heavy atom. The number of benzene rings is 2. The van der Waals surface area contributed by atoms with Crippen LogP contribution in [-0.2, 0) is 13.0 Å². The SMILES string of the molecule is O=C(N[C@H]1CCOc2ccccc21)c1ccc2c(=O)n3c(nc2c1)CCC3. The molecule has 1 aromatic heterocycles. The molecule has 0 saturated heterocycles. The lowest BCUT2D eigenvalue weighted by Gasteiger charge is -2.26. The van der Waals surface area contributed by atoms with Crippen LogP contribution in [0.4, 0.5) is 0 Å². The number of hydrogen-bond donors (Lipinski definition) is 1. The van der Waals surface area contributed by atoms with Crippen molar-refractivity contribution in [1.29, 1.82) is 0 Å². The average Bonchev–Trinajstić information content (AvgIpc) is 3.17. The Morgan fingerprint density at radius 1 is 1.22 bits per heavy atom. The molecule has 6 nitrogen and oxygen atoms in total. The molecule has 1 atom stereocenters. The maximum atomic E-state index is 12.8. The molecule has 136 valence electrons. The van der Waals surface area contributed by atoms with Crippen LogP contribution in [0.15, 0.2) is 47.3 Å². The van der Waals surface area contributed by atoms with E-state index in [0.717, 1.165) is 42.9 Å². The standard InChI is InChI=1S/C21H19N3O3/c25-20(23-16-9-11-27-18-5-2-1-4-14(16)18)13-7-8-15-17(12-13)22-19-6-3-10-24(19)21(15)26/h1-2,4-5,7-8,12,16H,3,6,9-11H2,(H,23,25)/t16-/m0/s1. The molecular formula is C21H19N3O3. The number of carbonyl (C=O) groups excluding carboxylic acids is 1. The summed E-state index contributed by atoms with van der Waals surface area (Å²) < 4.78 is 7.39. The highest BCUT2D eigenvalue weighted by molar-refractivity contribution is 5.98. The van der Waals surface area contributed by atoms with Crippen LogP contribution in [0.5, 0.6) is 5.75 Å². The Labute approximate surface area is 155 Å². The molecule has 0 fully saturated rings. The number of ether oxygens (including phenoxy) is 1. The first-order valence-corrected chi connectivity index (χ1v) is 9.27. The third kappa shape index (κ3) is 2.68. The van der Waals surface area contributed by atoms with Gasteiger partial charge in [0, 0.05) is 30.5 Å². The van der Waals surface area contributed by atoms with Gasteiger partial charge in [-0.3, -0.25) is 14.2 Å². The van der Waals surface area contributed by atoms with Crippen LogP contribution in [0.25, 0.3) is 10.9 Å². The fraction of sp³-hybridized carbons (Fsp3) is 0.286. The quantitative estimate of drug-likeness (QED) is 0.761. The van der Waals surface area contributed by atoms with Crippen LogP contribution in [0, 0.1) is 0 Å². The Morgan fingerprint density at radius 3 is 3.04 bits per heavy atom. The zero-order valence-electron chi connectivity index (χ0n) is 14.8. The average molecular weight is 361 g/mol. The van der Waals surface area contributed by atoms with Gasteiger partial charge in [0.1, 0.15) is 11.6 Å². The van der Waals surface area contributed by atoms with E-state index in [2.05, 4.69) is 10.3 Å². The van der Waals surface area contributed by atoms with Gasteiger partial charge in [-0.1, -0.05) is 18.2 Å². The van der Waals surface area contributed by atoms with Gasteiger partial charge in [-0.2, -0.15) is 0 Å². The van der Waals surface area contributed by atoms with Gasteiger partial charge in [0.2, 0.25) is 0 Å². The van der Waals surface area contributed by atoms with Crippen molar-refractivity contribution in [3.63, 3.8) is 0 Å². The molecule has 1 amide bonds. The lowest BCUT2D eigenvalue weighted by atomic mass is 10.00. The second-order valence-electron chi connectivity index (χ2n) is 7.02. The fourth-order valence-electron chi connectivity index (χ4n) is 3.96. The molecule has 0 unspecified atom stereocenters. The molecule has 5 rings (SSSR count). The van der Waals surface area contributed by atoms with E-state index in [0.29, 0.717) is 23.1 Å². The highest BCUT2D eigenvalue weighted by Gasteiger charge is 2.23. The van der Waals surface area contributed by atoms with Crippen LogP contribution >= 0.6 is 0 Å². The molecule has 0 saturated carbocycles. The maximum absolute atomic E-state index is 12.8. The second-order valence-corrected chi connectivity index (χ2v) is 7.02. The number of carbonyl (C=O) groups is 1. The summed E-state index contributed by atoms with van der Waals surface area (Å²) in [5.41, 5.74) is 2.08. The van der Waals surface area contributed by atoms with Gasteiger partial charge in [-0.05, 0) is 30.7 Å². The summed E-state index contributed by atoms with van der Waals surface area (Å²) in [6.45, 7) is 1.30. The second kappa shape index (κ2) is 6.23. The van der Waals surface area contributed by atoms with Gasteiger partial charge in [-0.15, -0.1) is 0 Å². The molecule has 0 radical (unpaired) electrons. The van der Waals surface area contributed by atoms with Gasteiger partial charge < -0.3 is 10.1 Å². The third-order valence-electron chi connectivity index (χ3n) is 5.34. The first kappa shape index (κ1) is 16.1. The highest BCUT2D eigenvalue weighted by Crippen LogP contribution is 2.31. The minimum absolute atomic E-state index is 0.0159. The van der Waals surface area contributed by atoms with Crippen molar-refractivity contribution in [2.24, 2.45) is 0 Å². The molecular weight excluding hydrogens is 342 g/mol. The predicted molar refractivity (Wildman–Crippen MR) is 101 cm³/mol. The van der Waals surface area contributed by atoms with Gasteiger partial charge in [0.25, 0.3) is 11.5 Å². The van der Waals surface area contributed by atoms with E-state index in [9.17, 15) is 9.59 Å². The number of aryl methyl sites for hydroxylation is 1. The van der Waals surface area contributed by atoms with E-state index in [4.69, 9.17) is 4.74 Å². The number of fused-ring (bicyclic) bond motifs is 3. The molecule has 2 aliphatic rings. The molecule has 0 spiro atoms. The number of para-hydroxylation sites is 1. The number of nitrogens with zero attached hydrogens (tertiary/aromatic N) is 2. The van der Waals surface area contributed by atoms with Crippen LogP contribution in [-0.4, -0.2) is 22.1 Å². The first-order valence-electron chi connectivity index (χ1n) is 9.27. The van der Waals surface area contributed by atoms with Crippen molar-refractivity contribution in [2.75, 3.05) is 6.61 Å².